The van der Waals surface area contributed by atoms with E-state index in [0.29, 0.717) is 27.9 Å². The first-order valence-corrected chi connectivity index (χ1v) is 11.6. The third-order valence-electron chi connectivity index (χ3n) is 4.93. The van der Waals surface area contributed by atoms with Gasteiger partial charge in [-0.25, -0.2) is 8.42 Å². The SMILES string of the molecule is C[C@H](NS(=O)(=O)c1cc2cnccc2o1)C(=O)NCc1cc(-c2ccc(C(F)(F)F)cn2)ccn1. The number of pyridine rings is 3. The first-order valence-electron chi connectivity index (χ1n) is 10.1. The fourth-order valence-electron chi connectivity index (χ4n) is 3.13. The first-order chi connectivity index (χ1) is 16.5. The topological polar surface area (TPSA) is 127 Å². The van der Waals surface area contributed by atoms with E-state index in [1.807, 2.05) is 0 Å². The predicted molar refractivity (Wildman–Crippen MR) is 118 cm³/mol. The summed E-state index contributed by atoms with van der Waals surface area (Å²) in [5.74, 6) is -0.619. The second-order valence-corrected chi connectivity index (χ2v) is 9.15. The molecule has 9 nitrogen and oxygen atoms in total. The average Bonchev–Trinajstić information content (AvgIpc) is 3.27. The van der Waals surface area contributed by atoms with Gasteiger partial charge in [0.05, 0.1) is 29.5 Å². The minimum Gasteiger partial charge on any atom is -0.443 e. The van der Waals surface area contributed by atoms with Crippen LogP contribution >= 0.6 is 0 Å². The Kier molecular flexibility index (Phi) is 6.54. The number of nitrogens with one attached hydrogen (secondary N) is 2. The molecule has 0 fully saturated rings. The second kappa shape index (κ2) is 9.43. The highest BCUT2D eigenvalue weighted by Gasteiger charge is 2.30. The van der Waals surface area contributed by atoms with Gasteiger partial charge in [-0.15, -0.1) is 0 Å². The lowest BCUT2D eigenvalue weighted by molar-refractivity contribution is -0.137. The van der Waals surface area contributed by atoms with Crippen LogP contribution in [0, 0.1) is 0 Å². The van der Waals surface area contributed by atoms with Gasteiger partial charge in [0.15, 0.2) is 0 Å². The summed E-state index contributed by atoms with van der Waals surface area (Å²) in [7, 11) is -4.12. The normalized spacial score (nSPS) is 13.0. The van der Waals surface area contributed by atoms with Crippen molar-refractivity contribution in [2.75, 3.05) is 0 Å². The van der Waals surface area contributed by atoms with Gasteiger partial charge in [0.2, 0.25) is 11.0 Å². The quantitative estimate of drug-likeness (QED) is 0.395. The van der Waals surface area contributed by atoms with Crippen LogP contribution in [0.25, 0.3) is 22.2 Å². The Morgan fingerprint density at radius 1 is 1.09 bits per heavy atom. The molecule has 4 aromatic heterocycles. The maximum absolute atomic E-state index is 12.7. The minimum atomic E-state index is -4.49. The van der Waals surface area contributed by atoms with Crippen molar-refractivity contribution in [3.05, 3.63) is 72.4 Å². The number of hydrogen-bond acceptors (Lipinski definition) is 7. The molecule has 182 valence electrons. The lowest BCUT2D eigenvalue weighted by atomic mass is 10.1. The highest BCUT2D eigenvalue weighted by molar-refractivity contribution is 7.89. The fraction of sp³-hybridized carbons (Fsp3) is 0.182. The van der Waals surface area contributed by atoms with Crippen molar-refractivity contribution in [2.45, 2.75) is 30.8 Å². The first kappa shape index (κ1) is 24.3. The number of rotatable bonds is 7. The largest absolute Gasteiger partial charge is 0.443 e. The Morgan fingerprint density at radius 2 is 1.89 bits per heavy atom. The number of sulfonamides is 1. The number of hydrogen-bond donors (Lipinski definition) is 2. The Bertz CT molecular complexity index is 1440. The van der Waals surface area contributed by atoms with Gasteiger partial charge < -0.3 is 9.73 Å². The molecule has 0 aliphatic rings. The molecule has 0 aliphatic carbocycles. The van der Waals surface area contributed by atoms with E-state index in [0.717, 1.165) is 12.3 Å². The minimum absolute atomic E-state index is 0.0459. The van der Waals surface area contributed by atoms with Crippen molar-refractivity contribution < 1.29 is 30.8 Å². The van der Waals surface area contributed by atoms with Crippen LogP contribution in [0.2, 0.25) is 0 Å². The van der Waals surface area contributed by atoms with Crippen LogP contribution in [0.3, 0.4) is 0 Å². The molecule has 1 atom stereocenters. The number of alkyl halides is 3. The van der Waals surface area contributed by atoms with Crippen molar-refractivity contribution in [1.82, 2.24) is 25.0 Å². The molecule has 0 unspecified atom stereocenters. The van der Waals surface area contributed by atoms with Gasteiger partial charge in [-0.2, -0.15) is 17.9 Å². The number of halogens is 3. The molecule has 0 spiro atoms. The summed E-state index contributed by atoms with van der Waals surface area (Å²) in [5.41, 5.74) is 0.683. The number of aromatic nitrogens is 3. The van der Waals surface area contributed by atoms with Crippen LogP contribution in [0.15, 0.2) is 70.7 Å². The Labute approximate surface area is 197 Å². The lowest BCUT2D eigenvalue weighted by Crippen LogP contribution is -2.44. The van der Waals surface area contributed by atoms with Gasteiger partial charge >= 0.3 is 6.18 Å². The highest BCUT2D eigenvalue weighted by atomic mass is 32.2. The molecule has 0 saturated carbocycles. The van der Waals surface area contributed by atoms with E-state index in [2.05, 4.69) is 25.0 Å². The maximum atomic E-state index is 12.7. The van der Waals surface area contributed by atoms with Crippen LogP contribution in [-0.2, 0) is 27.5 Å². The molecule has 4 aromatic rings. The van der Waals surface area contributed by atoms with E-state index in [4.69, 9.17) is 4.42 Å². The summed E-state index contributed by atoms with van der Waals surface area (Å²) in [6.07, 6.45) is 0.596. The molecule has 13 heteroatoms. The van der Waals surface area contributed by atoms with Crippen molar-refractivity contribution >= 4 is 26.9 Å². The highest BCUT2D eigenvalue weighted by Crippen LogP contribution is 2.29. The van der Waals surface area contributed by atoms with E-state index < -0.39 is 33.7 Å². The molecule has 0 radical (unpaired) electrons. The van der Waals surface area contributed by atoms with Gasteiger partial charge in [-0.3, -0.25) is 19.7 Å². The van der Waals surface area contributed by atoms with Gasteiger partial charge in [0.1, 0.15) is 5.58 Å². The number of furan rings is 1. The van der Waals surface area contributed by atoms with E-state index >= 15 is 0 Å². The van der Waals surface area contributed by atoms with E-state index in [-0.39, 0.29) is 11.6 Å². The molecule has 2 N–H and O–H groups in total. The molecule has 35 heavy (non-hydrogen) atoms. The molecular weight excluding hydrogens is 487 g/mol. The monoisotopic (exact) mass is 505 g/mol. The van der Waals surface area contributed by atoms with Crippen molar-refractivity contribution in [1.29, 1.82) is 0 Å². The number of fused-ring (bicyclic) bond motifs is 1. The van der Waals surface area contributed by atoms with Crippen molar-refractivity contribution in [3.63, 3.8) is 0 Å². The molecule has 0 aromatic carbocycles. The van der Waals surface area contributed by atoms with Crippen LogP contribution in [0.4, 0.5) is 13.2 Å². The number of carbonyl (C=O) groups excluding carboxylic acids is 1. The molecule has 4 rings (SSSR count). The number of nitrogens with zero attached hydrogens (tertiary/aromatic N) is 3. The zero-order valence-electron chi connectivity index (χ0n) is 18.1. The fourth-order valence-corrected chi connectivity index (χ4v) is 4.30. The van der Waals surface area contributed by atoms with Crippen LogP contribution in [0.5, 0.6) is 0 Å². The maximum Gasteiger partial charge on any atom is 0.417 e. The van der Waals surface area contributed by atoms with E-state index in [1.165, 1.54) is 43.7 Å². The Morgan fingerprint density at radius 3 is 2.57 bits per heavy atom. The summed E-state index contributed by atoms with van der Waals surface area (Å²) in [6.45, 7) is 1.32. The third kappa shape index (κ3) is 5.63. The number of carbonyl (C=O) groups is 1. The molecule has 0 saturated heterocycles. The van der Waals surface area contributed by atoms with Crippen LogP contribution < -0.4 is 10.0 Å². The summed E-state index contributed by atoms with van der Waals surface area (Å²) < 4.78 is 70.9. The van der Waals surface area contributed by atoms with Crippen molar-refractivity contribution in [3.8, 4) is 11.3 Å². The molecule has 4 heterocycles. The zero-order chi connectivity index (χ0) is 25.2. The average molecular weight is 505 g/mol. The second-order valence-electron chi connectivity index (χ2n) is 7.51. The predicted octanol–water partition coefficient (Wildman–Crippen LogP) is 3.29. The lowest BCUT2D eigenvalue weighted by Gasteiger charge is -2.13. The van der Waals surface area contributed by atoms with Gasteiger partial charge in [-0.05, 0) is 37.3 Å². The summed E-state index contributed by atoms with van der Waals surface area (Å²) in [6, 6.07) is 6.99. The Hall–Kier alpha value is -3.84. The molecular formula is C22H18F3N5O4S. The van der Waals surface area contributed by atoms with Crippen LogP contribution in [0.1, 0.15) is 18.2 Å². The Balaban J connectivity index is 1.39. The van der Waals surface area contributed by atoms with E-state index in [9.17, 15) is 26.4 Å². The van der Waals surface area contributed by atoms with Gasteiger partial charge in [-0.1, -0.05) is 0 Å². The smallest absolute Gasteiger partial charge is 0.417 e. The summed E-state index contributed by atoms with van der Waals surface area (Å²) >= 11 is 0. The summed E-state index contributed by atoms with van der Waals surface area (Å²) in [4.78, 5) is 24.3. The van der Waals surface area contributed by atoms with Gasteiger partial charge in [0.25, 0.3) is 10.0 Å². The summed E-state index contributed by atoms with van der Waals surface area (Å²) in [5, 5.41) is 2.72. The standard InChI is InChI=1S/C22H18F3N5O4S/c1-13(30-35(32,33)20-9-15-10-26-6-5-19(15)34-20)21(31)29-12-17-8-14(4-7-27-17)18-3-2-16(11-28-18)22(23,24)25/h2-11,13,30H,12H2,1H3,(H,29,31)/t13-/m0/s1. The molecule has 1 amide bonds. The molecule has 0 bridgehead atoms. The number of amides is 1. The van der Waals surface area contributed by atoms with E-state index in [1.54, 1.807) is 12.1 Å². The molecule has 0 aliphatic heterocycles. The van der Waals surface area contributed by atoms with Gasteiger partial charge in [0, 0.05) is 41.8 Å². The van der Waals surface area contributed by atoms with Crippen LogP contribution in [-0.4, -0.2) is 35.3 Å². The van der Waals surface area contributed by atoms with Crippen molar-refractivity contribution in [2.24, 2.45) is 0 Å². The zero-order valence-corrected chi connectivity index (χ0v) is 18.9. The third-order valence-corrected chi connectivity index (χ3v) is 6.33.